The van der Waals surface area contributed by atoms with E-state index in [1.54, 1.807) is 34.1 Å². The molecule has 3 rings (SSSR count). The number of piperidine rings is 1. The number of aromatic nitrogens is 2. The van der Waals surface area contributed by atoms with Crippen molar-refractivity contribution in [3.63, 3.8) is 0 Å². The van der Waals surface area contributed by atoms with Crippen LogP contribution in [-0.4, -0.2) is 43.9 Å². The number of likely N-dealkylation sites (tertiary alicyclic amines) is 1. The van der Waals surface area contributed by atoms with E-state index in [4.69, 9.17) is 0 Å². The van der Waals surface area contributed by atoms with Crippen LogP contribution in [0.5, 0.6) is 0 Å². The number of pyridine rings is 1. The van der Waals surface area contributed by atoms with Crippen molar-refractivity contribution in [1.29, 1.82) is 0 Å². The van der Waals surface area contributed by atoms with Gasteiger partial charge in [0.25, 0.3) is 5.91 Å². The summed E-state index contributed by atoms with van der Waals surface area (Å²) >= 11 is 0. The molecule has 0 saturated carbocycles. The zero-order valence-electron chi connectivity index (χ0n) is 11.8. The molecule has 1 saturated heterocycles. The van der Waals surface area contributed by atoms with Gasteiger partial charge >= 0.3 is 5.97 Å². The number of fused-ring (bicyclic) bond motifs is 1. The molecular weight excluding hydrogens is 270 g/mol. The molecule has 0 unspecified atom stereocenters. The van der Waals surface area contributed by atoms with Crippen LogP contribution in [0.25, 0.3) is 5.52 Å². The summed E-state index contributed by atoms with van der Waals surface area (Å²) in [5.74, 6) is -1.44. The Labute approximate surface area is 122 Å². The van der Waals surface area contributed by atoms with Gasteiger partial charge in [-0.25, -0.2) is 4.98 Å². The highest BCUT2D eigenvalue weighted by Crippen LogP contribution is 2.25. The molecule has 0 bridgehead atoms. The van der Waals surface area contributed by atoms with E-state index >= 15 is 0 Å². The maximum Gasteiger partial charge on any atom is 0.308 e. The SMILES string of the molecule is C[C@@H]1[C@H](C(=O)O)CCCN1C(=O)c1ccc2cncn2c1. The van der Waals surface area contributed by atoms with Gasteiger partial charge in [-0.1, -0.05) is 0 Å². The monoisotopic (exact) mass is 287 g/mol. The van der Waals surface area contributed by atoms with Crippen molar-refractivity contribution in [2.24, 2.45) is 5.92 Å². The second-order valence-electron chi connectivity index (χ2n) is 5.47. The molecule has 0 aromatic carbocycles. The molecule has 1 amide bonds. The maximum atomic E-state index is 12.6. The smallest absolute Gasteiger partial charge is 0.308 e. The van der Waals surface area contributed by atoms with Crippen molar-refractivity contribution in [3.8, 4) is 0 Å². The van der Waals surface area contributed by atoms with Gasteiger partial charge in [0.05, 0.1) is 29.5 Å². The van der Waals surface area contributed by atoms with Gasteiger partial charge in [-0.3, -0.25) is 9.59 Å². The lowest BCUT2D eigenvalue weighted by Crippen LogP contribution is -2.49. The third-order valence-corrected chi connectivity index (χ3v) is 4.22. The summed E-state index contributed by atoms with van der Waals surface area (Å²) in [5.41, 5.74) is 1.47. The fourth-order valence-electron chi connectivity index (χ4n) is 2.97. The minimum atomic E-state index is -0.829. The fourth-order valence-corrected chi connectivity index (χ4v) is 2.97. The van der Waals surface area contributed by atoms with Gasteiger partial charge in [0, 0.05) is 18.8 Å². The molecule has 2 atom stereocenters. The third-order valence-electron chi connectivity index (χ3n) is 4.22. The molecule has 2 aromatic heterocycles. The van der Waals surface area contributed by atoms with Gasteiger partial charge in [0.15, 0.2) is 0 Å². The summed E-state index contributed by atoms with van der Waals surface area (Å²) < 4.78 is 1.79. The largest absolute Gasteiger partial charge is 0.481 e. The van der Waals surface area contributed by atoms with E-state index in [0.29, 0.717) is 18.5 Å². The van der Waals surface area contributed by atoms with Crippen molar-refractivity contribution in [2.75, 3.05) is 6.54 Å². The van der Waals surface area contributed by atoms with Crippen LogP contribution in [0, 0.1) is 5.92 Å². The first-order valence-corrected chi connectivity index (χ1v) is 7.03. The third kappa shape index (κ3) is 2.37. The number of carboxylic acid groups (broad SMARTS) is 1. The first-order chi connectivity index (χ1) is 10.1. The number of rotatable bonds is 2. The summed E-state index contributed by atoms with van der Waals surface area (Å²) in [7, 11) is 0. The van der Waals surface area contributed by atoms with Crippen molar-refractivity contribution in [1.82, 2.24) is 14.3 Å². The molecule has 21 heavy (non-hydrogen) atoms. The van der Waals surface area contributed by atoms with E-state index < -0.39 is 11.9 Å². The molecular formula is C15H17N3O3. The van der Waals surface area contributed by atoms with Crippen LogP contribution in [0.4, 0.5) is 0 Å². The average molecular weight is 287 g/mol. The van der Waals surface area contributed by atoms with E-state index in [1.165, 1.54) is 0 Å². The Balaban J connectivity index is 1.88. The number of aliphatic carboxylic acids is 1. The van der Waals surface area contributed by atoms with E-state index in [9.17, 15) is 14.7 Å². The molecule has 0 spiro atoms. The summed E-state index contributed by atoms with van der Waals surface area (Å²) in [6.07, 6.45) is 6.45. The minimum Gasteiger partial charge on any atom is -0.481 e. The molecule has 6 nitrogen and oxygen atoms in total. The van der Waals surface area contributed by atoms with Crippen molar-refractivity contribution >= 4 is 17.4 Å². The Morgan fingerprint density at radius 1 is 1.38 bits per heavy atom. The molecule has 0 radical (unpaired) electrons. The Morgan fingerprint density at radius 2 is 2.19 bits per heavy atom. The molecule has 1 N–H and O–H groups in total. The average Bonchev–Trinajstić information content (AvgIpc) is 2.93. The van der Waals surface area contributed by atoms with Crippen molar-refractivity contribution in [2.45, 2.75) is 25.8 Å². The van der Waals surface area contributed by atoms with Crippen LogP contribution in [0.1, 0.15) is 30.1 Å². The molecule has 1 aliphatic rings. The fraction of sp³-hybridized carbons (Fsp3) is 0.400. The highest BCUT2D eigenvalue weighted by Gasteiger charge is 2.35. The Hall–Kier alpha value is -2.37. The van der Waals surface area contributed by atoms with Gasteiger partial charge in [-0.15, -0.1) is 0 Å². The minimum absolute atomic E-state index is 0.121. The van der Waals surface area contributed by atoms with Gasteiger partial charge in [0.1, 0.15) is 0 Å². The first-order valence-electron chi connectivity index (χ1n) is 7.03. The van der Waals surface area contributed by atoms with Gasteiger partial charge < -0.3 is 14.4 Å². The number of carbonyl (C=O) groups excluding carboxylic acids is 1. The normalized spacial score (nSPS) is 22.4. The Bertz CT molecular complexity index is 694. The van der Waals surface area contributed by atoms with Crippen LogP contribution in [0.2, 0.25) is 0 Å². The number of carbonyl (C=O) groups is 2. The van der Waals surface area contributed by atoms with E-state index in [1.807, 2.05) is 13.0 Å². The lowest BCUT2D eigenvalue weighted by atomic mass is 9.90. The maximum absolute atomic E-state index is 12.6. The number of nitrogens with zero attached hydrogens (tertiary/aromatic N) is 3. The zero-order chi connectivity index (χ0) is 15.0. The molecule has 110 valence electrons. The van der Waals surface area contributed by atoms with E-state index in [2.05, 4.69) is 4.98 Å². The van der Waals surface area contributed by atoms with Gasteiger partial charge in [0.2, 0.25) is 0 Å². The van der Waals surface area contributed by atoms with E-state index in [0.717, 1.165) is 11.9 Å². The van der Waals surface area contributed by atoms with Crippen molar-refractivity contribution < 1.29 is 14.7 Å². The summed E-state index contributed by atoms with van der Waals surface area (Å²) in [6, 6.07) is 3.31. The van der Waals surface area contributed by atoms with Crippen LogP contribution < -0.4 is 0 Å². The number of hydrogen-bond donors (Lipinski definition) is 1. The Kier molecular flexibility index (Phi) is 3.37. The molecule has 6 heteroatoms. The summed E-state index contributed by atoms with van der Waals surface area (Å²) in [4.78, 5) is 29.6. The predicted molar refractivity (Wildman–Crippen MR) is 76.1 cm³/mol. The van der Waals surface area contributed by atoms with E-state index in [-0.39, 0.29) is 11.9 Å². The summed E-state index contributed by atoms with van der Waals surface area (Å²) in [5, 5.41) is 9.24. The molecule has 1 aliphatic heterocycles. The molecule has 0 aliphatic carbocycles. The van der Waals surface area contributed by atoms with Crippen LogP contribution >= 0.6 is 0 Å². The Morgan fingerprint density at radius 3 is 2.95 bits per heavy atom. The number of imidazole rings is 1. The van der Waals surface area contributed by atoms with Crippen molar-refractivity contribution in [3.05, 3.63) is 36.4 Å². The second kappa shape index (κ2) is 5.20. The van der Waals surface area contributed by atoms with Crippen LogP contribution in [0.15, 0.2) is 30.9 Å². The number of hydrogen-bond acceptors (Lipinski definition) is 3. The lowest BCUT2D eigenvalue weighted by molar-refractivity contribution is -0.144. The second-order valence-corrected chi connectivity index (χ2v) is 5.47. The first kappa shape index (κ1) is 13.6. The highest BCUT2D eigenvalue weighted by molar-refractivity contribution is 5.95. The van der Waals surface area contributed by atoms with Gasteiger partial charge in [-0.2, -0.15) is 0 Å². The highest BCUT2D eigenvalue weighted by atomic mass is 16.4. The van der Waals surface area contributed by atoms with Crippen LogP contribution in [0.3, 0.4) is 0 Å². The zero-order valence-corrected chi connectivity index (χ0v) is 11.8. The van der Waals surface area contributed by atoms with Gasteiger partial charge in [-0.05, 0) is 31.9 Å². The summed E-state index contributed by atoms with van der Waals surface area (Å²) in [6.45, 7) is 2.41. The standard InChI is InChI=1S/C15H17N3O3/c1-10-13(15(20)21)3-2-6-18(10)14(19)11-4-5-12-7-16-9-17(12)8-11/h4-5,7-10,13H,2-3,6H2,1H3,(H,20,21)/t10-,13-/m1/s1. The topological polar surface area (TPSA) is 74.9 Å². The van der Waals surface area contributed by atoms with Crippen LogP contribution in [-0.2, 0) is 4.79 Å². The number of amides is 1. The molecule has 1 fully saturated rings. The lowest BCUT2D eigenvalue weighted by Gasteiger charge is -2.37. The predicted octanol–water partition coefficient (Wildman–Crippen LogP) is 1.66. The molecule has 2 aromatic rings. The molecule has 3 heterocycles. The quantitative estimate of drug-likeness (QED) is 0.911. The number of carboxylic acids is 1.